The lowest BCUT2D eigenvalue weighted by molar-refractivity contribution is -0.139. The molecule has 1 aromatic carbocycles. The normalized spacial score (nSPS) is 12.5. The van der Waals surface area contributed by atoms with Crippen molar-refractivity contribution in [2.45, 2.75) is 26.3 Å². The van der Waals surface area contributed by atoms with E-state index in [-0.39, 0.29) is 11.6 Å². The van der Waals surface area contributed by atoms with Crippen molar-refractivity contribution >= 4 is 22.9 Å². The number of carbonyl (C=O) groups excluding carboxylic acids is 1. The van der Waals surface area contributed by atoms with Gasteiger partial charge in [-0.2, -0.15) is 0 Å². The summed E-state index contributed by atoms with van der Waals surface area (Å²) in [5, 5.41) is 11.7. The molecule has 1 atom stereocenters. The van der Waals surface area contributed by atoms with Crippen molar-refractivity contribution in [2.75, 3.05) is 0 Å². The molecule has 7 heteroatoms. The molecule has 0 saturated heterocycles. The van der Waals surface area contributed by atoms with Gasteiger partial charge in [0.25, 0.3) is 5.91 Å². The summed E-state index contributed by atoms with van der Waals surface area (Å²) in [6.45, 7) is 3.79. The molecular weight excluding hydrogens is 286 g/mol. The minimum Gasteiger partial charge on any atom is -0.480 e. The van der Waals surface area contributed by atoms with Crippen molar-refractivity contribution in [3.63, 3.8) is 0 Å². The highest BCUT2D eigenvalue weighted by molar-refractivity contribution is 5.99. The van der Waals surface area contributed by atoms with E-state index in [1.165, 1.54) is 4.57 Å². The van der Waals surface area contributed by atoms with Crippen LogP contribution in [-0.4, -0.2) is 32.6 Å². The predicted molar refractivity (Wildman–Crippen MR) is 81.9 cm³/mol. The van der Waals surface area contributed by atoms with Crippen LogP contribution in [0.1, 0.15) is 30.6 Å². The summed E-state index contributed by atoms with van der Waals surface area (Å²) in [5.74, 6) is -1.38. The lowest BCUT2D eigenvalue weighted by Crippen LogP contribution is -2.41. The molecule has 0 aliphatic heterocycles. The number of aromatic amines is 1. The Hall–Kier alpha value is -2.57. The Bertz CT molecular complexity index is 773. The van der Waals surface area contributed by atoms with Gasteiger partial charge in [0.15, 0.2) is 0 Å². The molecule has 1 heterocycles. The summed E-state index contributed by atoms with van der Waals surface area (Å²) in [6, 6.07) is 3.82. The van der Waals surface area contributed by atoms with E-state index in [1.807, 2.05) is 13.8 Å². The van der Waals surface area contributed by atoms with E-state index in [0.717, 1.165) is 0 Å². The molecule has 2 aromatic rings. The third-order valence-electron chi connectivity index (χ3n) is 3.48. The number of nitrogens with zero attached hydrogens (tertiary/aromatic N) is 1. The second kappa shape index (κ2) is 6.05. The largest absolute Gasteiger partial charge is 0.480 e. The number of nitrogens with one attached hydrogen (secondary N) is 2. The first-order valence-electron chi connectivity index (χ1n) is 7.02. The van der Waals surface area contributed by atoms with Gasteiger partial charge >= 0.3 is 11.7 Å². The van der Waals surface area contributed by atoms with Crippen molar-refractivity contribution < 1.29 is 14.7 Å². The number of rotatable bonds is 5. The maximum atomic E-state index is 12.2. The molecule has 0 aliphatic carbocycles. The predicted octanol–water partition coefficient (Wildman–Crippen LogP) is 1.10. The highest BCUT2D eigenvalue weighted by atomic mass is 16.4. The highest BCUT2D eigenvalue weighted by Gasteiger charge is 2.22. The van der Waals surface area contributed by atoms with Crippen LogP contribution in [0.3, 0.4) is 0 Å². The van der Waals surface area contributed by atoms with Gasteiger partial charge in [-0.15, -0.1) is 0 Å². The van der Waals surface area contributed by atoms with E-state index >= 15 is 0 Å². The van der Waals surface area contributed by atoms with Crippen LogP contribution in [0, 0.1) is 5.92 Å². The highest BCUT2D eigenvalue weighted by Crippen LogP contribution is 2.13. The molecule has 1 amide bonds. The number of hydrogen-bond acceptors (Lipinski definition) is 3. The number of hydrogen-bond donors (Lipinski definition) is 3. The average molecular weight is 305 g/mol. The molecule has 0 unspecified atom stereocenters. The SMILES string of the molecule is CC(C)C[C@@H](NC(=O)c1ccc2[nH]c(=O)n(C)c2c1)C(=O)O. The fourth-order valence-corrected chi connectivity index (χ4v) is 2.30. The summed E-state index contributed by atoms with van der Waals surface area (Å²) >= 11 is 0. The molecule has 0 fully saturated rings. The summed E-state index contributed by atoms with van der Waals surface area (Å²) in [5.41, 5.74) is 1.27. The molecule has 0 bridgehead atoms. The molecule has 0 radical (unpaired) electrons. The zero-order valence-electron chi connectivity index (χ0n) is 12.7. The Balaban J connectivity index is 2.27. The van der Waals surface area contributed by atoms with Gasteiger partial charge in [-0.25, -0.2) is 9.59 Å². The van der Waals surface area contributed by atoms with Crippen LogP contribution in [-0.2, 0) is 11.8 Å². The Labute approximate surface area is 127 Å². The van der Waals surface area contributed by atoms with Crippen LogP contribution in [0.2, 0.25) is 0 Å². The molecule has 2 rings (SSSR count). The van der Waals surface area contributed by atoms with Crippen LogP contribution in [0.5, 0.6) is 0 Å². The summed E-state index contributed by atoms with van der Waals surface area (Å²) in [4.78, 5) is 37.6. The first kappa shape index (κ1) is 15.8. The van der Waals surface area contributed by atoms with Gasteiger partial charge in [0.05, 0.1) is 11.0 Å². The summed E-state index contributed by atoms with van der Waals surface area (Å²) in [6.07, 6.45) is 0.353. The Kier molecular flexibility index (Phi) is 4.35. The Morgan fingerprint density at radius 1 is 1.36 bits per heavy atom. The number of aryl methyl sites for hydroxylation is 1. The van der Waals surface area contributed by atoms with E-state index in [4.69, 9.17) is 0 Å². The smallest absolute Gasteiger partial charge is 0.326 e. The number of aliphatic carboxylic acids is 1. The molecule has 0 spiro atoms. The van der Waals surface area contributed by atoms with Crippen LogP contribution >= 0.6 is 0 Å². The van der Waals surface area contributed by atoms with Crippen molar-refractivity contribution in [3.8, 4) is 0 Å². The minimum absolute atomic E-state index is 0.148. The number of carboxylic acids is 1. The summed E-state index contributed by atoms with van der Waals surface area (Å²) in [7, 11) is 1.60. The molecule has 0 saturated carbocycles. The number of carboxylic acid groups (broad SMARTS) is 1. The van der Waals surface area contributed by atoms with E-state index in [9.17, 15) is 19.5 Å². The fraction of sp³-hybridized carbons (Fsp3) is 0.400. The number of benzene rings is 1. The Morgan fingerprint density at radius 2 is 2.05 bits per heavy atom. The van der Waals surface area contributed by atoms with E-state index < -0.39 is 17.9 Å². The fourth-order valence-electron chi connectivity index (χ4n) is 2.30. The zero-order valence-corrected chi connectivity index (χ0v) is 12.7. The molecule has 22 heavy (non-hydrogen) atoms. The van der Waals surface area contributed by atoms with Crippen LogP contribution in [0.25, 0.3) is 11.0 Å². The second-order valence-electron chi connectivity index (χ2n) is 5.71. The monoisotopic (exact) mass is 305 g/mol. The van der Waals surface area contributed by atoms with Crippen molar-refractivity contribution in [3.05, 3.63) is 34.2 Å². The molecule has 0 aliphatic rings. The standard InChI is InChI=1S/C15H19N3O4/c1-8(2)6-11(14(20)21)16-13(19)9-4-5-10-12(7-9)18(3)15(22)17-10/h4-5,7-8,11H,6H2,1-3H3,(H,16,19)(H,17,22)(H,20,21)/t11-/m1/s1. The van der Waals surface area contributed by atoms with Gasteiger partial charge in [0, 0.05) is 12.6 Å². The van der Waals surface area contributed by atoms with E-state index in [1.54, 1.807) is 25.2 Å². The second-order valence-corrected chi connectivity index (χ2v) is 5.71. The van der Waals surface area contributed by atoms with Gasteiger partial charge < -0.3 is 15.4 Å². The third-order valence-corrected chi connectivity index (χ3v) is 3.48. The molecule has 3 N–H and O–H groups in total. The minimum atomic E-state index is -1.06. The third kappa shape index (κ3) is 3.19. The molecule has 118 valence electrons. The zero-order chi connectivity index (χ0) is 16.4. The number of aromatic nitrogens is 2. The van der Waals surface area contributed by atoms with Crippen molar-refractivity contribution in [2.24, 2.45) is 13.0 Å². The van der Waals surface area contributed by atoms with E-state index in [2.05, 4.69) is 10.3 Å². The van der Waals surface area contributed by atoms with Gasteiger partial charge in [0.1, 0.15) is 6.04 Å². The average Bonchev–Trinajstić information content (AvgIpc) is 2.72. The van der Waals surface area contributed by atoms with Crippen molar-refractivity contribution in [1.29, 1.82) is 0 Å². The van der Waals surface area contributed by atoms with Crippen molar-refractivity contribution in [1.82, 2.24) is 14.9 Å². The number of fused-ring (bicyclic) bond motifs is 1. The van der Waals surface area contributed by atoms with Gasteiger partial charge in [0.2, 0.25) is 0 Å². The first-order chi connectivity index (χ1) is 10.3. The lowest BCUT2D eigenvalue weighted by atomic mass is 10.0. The van der Waals surface area contributed by atoms with E-state index in [0.29, 0.717) is 23.0 Å². The quantitative estimate of drug-likeness (QED) is 0.769. The maximum Gasteiger partial charge on any atom is 0.326 e. The first-order valence-corrected chi connectivity index (χ1v) is 7.02. The lowest BCUT2D eigenvalue weighted by Gasteiger charge is -2.16. The van der Waals surface area contributed by atoms with Gasteiger partial charge in [-0.1, -0.05) is 13.8 Å². The van der Waals surface area contributed by atoms with Gasteiger partial charge in [-0.05, 0) is 30.5 Å². The molecular formula is C15H19N3O4. The van der Waals surface area contributed by atoms with Crippen LogP contribution in [0.15, 0.2) is 23.0 Å². The number of H-pyrrole nitrogens is 1. The van der Waals surface area contributed by atoms with Crippen LogP contribution in [0.4, 0.5) is 0 Å². The number of imidazole rings is 1. The molecule has 7 nitrogen and oxygen atoms in total. The molecule has 1 aromatic heterocycles. The Morgan fingerprint density at radius 3 is 2.64 bits per heavy atom. The summed E-state index contributed by atoms with van der Waals surface area (Å²) < 4.78 is 1.40. The maximum absolute atomic E-state index is 12.2. The topological polar surface area (TPSA) is 104 Å². The van der Waals surface area contributed by atoms with Crippen LogP contribution < -0.4 is 11.0 Å². The van der Waals surface area contributed by atoms with Gasteiger partial charge in [-0.3, -0.25) is 9.36 Å². The number of carbonyl (C=O) groups is 2. The number of amides is 1.